The average Bonchev–Trinajstić information content (AvgIpc) is 2.92. The average molecular weight is 398 g/mol. The molecule has 2 aliphatic rings. The molecule has 2 N–H and O–H groups in total. The van der Waals surface area contributed by atoms with E-state index in [4.69, 9.17) is 11.6 Å². The summed E-state index contributed by atoms with van der Waals surface area (Å²) in [5.74, 6) is -2.09. The van der Waals surface area contributed by atoms with Crippen LogP contribution in [0.5, 0.6) is 0 Å². The monoisotopic (exact) mass is 397 g/mol. The van der Waals surface area contributed by atoms with Crippen molar-refractivity contribution in [3.63, 3.8) is 0 Å². The minimum atomic E-state index is -0.981. The first-order valence-corrected chi connectivity index (χ1v) is 9.16. The number of carbonyl (C=O) groups excluding carboxylic acids is 4. The van der Waals surface area contributed by atoms with Gasteiger partial charge in [-0.2, -0.15) is 0 Å². The summed E-state index contributed by atoms with van der Waals surface area (Å²) in [6.45, 7) is 0.414. The van der Waals surface area contributed by atoms with Crippen LogP contribution in [0.2, 0.25) is 5.02 Å². The van der Waals surface area contributed by atoms with Crippen molar-refractivity contribution in [1.29, 1.82) is 0 Å². The Morgan fingerprint density at radius 1 is 1.07 bits per heavy atom. The minimum Gasteiger partial charge on any atom is -0.380 e. The molecule has 1 unspecified atom stereocenters. The fourth-order valence-corrected chi connectivity index (χ4v) is 3.72. The van der Waals surface area contributed by atoms with Crippen molar-refractivity contribution in [2.75, 3.05) is 5.32 Å². The van der Waals surface area contributed by atoms with Gasteiger partial charge in [-0.1, -0.05) is 29.8 Å². The Morgan fingerprint density at radius 2 is 1.86 bits per heavy atom. The Hall–Kier alpha value is -3.19. The maximum absolute atomic E-state index is 13.0. The van der Waals surface area contributed by atoms with Gasteiger partial charge in [0.05, 0.1) is 11.1 Å². The third-order valence-corrected chi connectivity index (χ3v) is 5.08. The Labute approximate surface area is 165 Å². The summed E-state index contributed by atoms with van der Waals surface area (Å²) >= 11 is 6.00. The van der Waals surface area contributed by atoms with E-state index in [-0.39, 0.29) is 24.0 Å². The van der Waals surface area contributed by atoms with Gasteiger partial charge in [-0.25, -0.2) is 0 Å². The molecule has 4 amide bonds. The smallest absolute Gasteiger partial charge is 0.264 e. The van der Waals surface area contributed by atoms with Gasteiger partial charge in [0.25, 0.3) is 11.8 Å². The van der Waals surface area contributed by atoms with Crippen LogP contribution in [0.25, 0.3) is 0 Å². The number of nitrogens with zero attached hydrogens (tertiary/aromatic N) is 1. The van der Waals surface area contributed by atoms with Crippen LogP contribution in [-0.4, -0.2) is 34.6 Å². The Kier molecular flexibility index (Phi) is 4.60. The van der Waals surface area contributed by atoms with Crippen LogP contribution in [0.4, 0.5) is 5.69 Å². The lowest BCUT2D eigenvalue weighted by Gasteiger charge is -2.27. The van der Waals surface area contributed by atoms with Crippen LogP contribution >= 0.6 is 11.6 Å². The Bertz CT molecular complexity index is 1020. The fourth-order valence-electron chi connectivity index (χ4n) is 3.51. The van der Waals surface area contributed by atoms with E-state index in [0.29, 0.717) is 17.3 Å². The number of nitrogens with one attached hydrogen (secondary N) is 2. The zero-order chi connectivity index (χ0) is 19.8. The number of hydrogen-bond donors (Lipinski definition) is 2. The SMILES string of the molecule is O=C1CCC(N2C(=O)c3cccc(NCc4cccc(Cl)c4)c3C2=O)C(=O)N1. The molecule has 1 saturated heterocycles. The second-order valence-corrected chi connectivity index (χ2v) is 7.10. The van der Waals surface area contributed by atoms with Gasteiger partial charge < -0.3 is 5.32 Å². The quantitative estimate of drug-likeness (QED) is 0.772. The van der Waals surface area contributed by atoms with E-state index in [2.05, 4.69) is 10.6 Å². The molecule has 1 atom stereocenters. The molecule has 2 aromatic rings. The van der Waals surface area contributed by atoms with Crippen LogP contribution in [-0.2, 0) is 16.1 Å². The standard InChI is InChI=1S/C20H16ClN3O4/c21-12-4-1-3-11(9-12)10-22-14-6-2-5-13-17(14)20(28)24(19(13)27)15-7-8-16(25)23-18(15)26/h1-6,9,15,22H,7-8,10H2,(H,23,25,26). The molecule has 8 heteroatoms. The first kappa shape index (κ1) is 18.2. The molecular weight excluding hydrogens is 382 g/mol. The van der Waals surface area contributed by atoms with Gasteiger partial charge in [-0.3, -0.25) is 29.4 Å². The van der Waals surface area contributed by atoms with Gasteiger partial charge in [0.2, 0.25) is 11.8 Å². The summed E-state index contributed by atoms with van der Waals surface area (Å²) in [6, 6.07) is 11.3. The third kappa shape index (κ3) is 3.14. The lowest BCUT2D eigenvalue weighted by atomic mass is 10.0. The number of benzene rings is 2. The summed E-state index contributed by atoms with van der Waals surface area (Å²) in [5, 5.41) is 5.96. The molecule has 0 radical (unpaired) electrons. The predicted molar refractivity (Wildman–Crippen MR) is 102 cm³/mol. The zero-order valence-corrected chi connectivity index (χ0v) is 15.5. The van der Waals surface area contributed by atoms with Gasteiger partial charge in [-0.15, -0.1) is 0 Å². The number of anilines is 1. The van der Waals surface area contributed by atoms with Crippen LogP contribution in [0, 0.1) is 0 Å². The van der Waals surface area contributed by atoms with Gasteiger partial charge in [0.15, 0.2) is 0 Å². The highest BCUT2D eigenvalue weighted by Crippen LogP contribution is 2.32. The lowest BCUT2D eigenvalue weighted by molar-refractivity contribution is -0.136. The van der Waals surface area contributed by atoms with Crippen molar-refractivity contribution in [2.45, 2.75) is 25.4 Å². The molecule has 142 valence electrons. The predicted octanol–water partition coefficient (Wildman–Crippen LogP) is 2.35. The third-order valence-electron chi connectivity index (χ3n) is 4.84. The summed E-state index contributed by atoms with van der Waals surface area (Å²) in [6.07, 6.45) is 0.213. The molecule has 0 aromatic heterocycles. The highest BCUT2D eigenvalue weighted by atomic mass is 35.5. The Morgan fingerprint density at radius 3 is 2.61 bits per heavy atom. The van der Waals surface area contributed by atoms with Crippen molar-refractivity contribution >= 4 is 40.9 Å². The van der Waals surface area contributed by atoms with Gasteiger partial charge in [-0.05, 0) is 36.2 Å². The number of carbonyl (C=O) groups is 4. The summed E-state index contributed by atoms with van der Waals surface area (Å²) in [4.78, 5) is 50.3. The van der Waals surface area contributed by atoms with E-state index < -0.39 is 29.7 Å². The van der Waals surface area contributed by atoms with Crippen LogP contribution < -0.4 is 10.6 Å². The topological polar surface area (TPSA) is 95.6 Å². The van der Waals surface area contributed by atoms with E-state index in [1.54, 1.807) is 30.3 Å². The van der Waals surface area contributed by atoms with Crippen molar-refractivity contribution in [1.82, 2.24) is 10.2 Å². The van der Waals surface area contributed by atoms with Crippen molar-refractivity contribution < 1.29 is 19.2 Å². The van der Waals surface area contributed by atoms with Crippen LogP contribution in [0.15, 0.2) is 42.5 Å². The highest BCUT2D eigenvalue weighted by Gasteiger charge is 2.45. The van der Waals surface area contributed by atoms with Crippen LogP contribution in [0.3, 0.4) is 0 Å². The normalized spacial score (nSPS) is 18.9. The van der Waals surface area contributed by atoms with E-state index in [1.807, 2.05) is 12.1 Å². The molecule has 2 aliphatic heterocycles. The first-order chi connectivity index (χ1) is 13.5. The fraction of sp³-hybridized carbons (Fsp3) is 0.200. The number of imide groups is 2. The number of halogens is 1. The lowest BCUT2D eigenvalue weighted by Crippen LogP contribution is -2.54. The molecule has 2 heterocycles. The molecule has 1 fully saturated rings. The molecule has 4 rings (SSSR count). The zero-order valence-electron chi connectivity index (χ0n) is 14.7. The number of amides is 4. The molecule has 7 nitrogen and oxygen atoms in total. The minimum absolute atomic E-state index is 0.0870. The van der Waals surface area contributed by atoms with E-state index in [0.717, 1.165) is 10.5 Å². The maximum atomic E-state index is 13.0. The molecule has 2 aromatic carbocycles. The molecular formula is C20H16ClN3O4. The second-order valence-electron chi connectivity index (χ2n) is 6.66. The largest absolute Gasteiger partial charge is 0.380 e. The summed E-state index contributed by atoms with van der Waals surface area (Å²) in [5.41, 5.74) is 1.90. The van der Waals surface area contributed by atoms with Gasteiger partial charge in [0, 0.05) is 23.7 Å². The highest BCUT2D eigenvalue weighted by molar-refractivity contribution is 6.30. The molecule has 0 spiro atoms. The summed E-state index contributed by atoms with van der Waals surface area (Å²) in [7, 11) is 0. The van der Waals surface area contributed by atoms with Crippen molar-refractivity contribution in [3.05, 3.63) is 64.2 Å². The second kappa shape index (κ2) is 7.09. The van der Waals surface area contributed by atoms with Crippen molar-refractivity contribution in [3.8, 4) is 0 Å². The molecule has 0 bridgehead atoms. The number of fused-ring (bicyclic) bond motifs is 1. The number of hydrogen-bond acceptors (Lipinski definition) is 5. The summed E-state index contributed by atoms with van der Waals surface area (Å²) < 4.78 is 0. The van der Waals surface area contributed by atoms with Crippen LogP contribution in [0.1, 0.15) is 39.1 Å². The van der Waals surface area contributed by atoms with E-state index in [1.165, 1.54) is 0 Å². The number of piperidine rings is 1. The van der Waals surface area contributed by atoms with Crippen molar-refractivity contribution in [2.24, 2.45) is 0 Å². The molecule has 0 saturated carbocycles. The number of rotatable bonds is 4. The Balaban J connectivity index is 1.61. The van der Waals surface area contributed by atoms with Gasteiger partial charge >= 0.3 is 0 Å². The van der Waals surface area contributed by atoms with Gasteiger partial charge in [0.1, 0.15) is 6.04 Å². The van der Waals surface area contributed by atoms with E-state index in [9.17, 15) is 19.2 Å². The molecule has 0 aliphatic carbocycles. The van der Waals surface area contributed by atoms with E-state index >= 15 is 0 Å². The molecule has 28 heavy (non-hydrogen) atoms. The first-order valence-electron chi connectivity index (χ1n) is 8.78. The maximum Gasteiger partial charge on any atom is 0.264 e.